The molecule has 0 saturated heterocycles. The van der Waals surface area contributed by atoms with Gasteiger partial charge < -0.3 is 10.0 Å². The van der Waals surface area contributed by atoms with Crippen LogP contribution in [0, 0.1) is 23.2 Å². The molecule has 2 atom stereocenters. The molecule has 0 aromatic rings. The van der Waals surface area contributed by atoms with Crippen molar-refractivity contribution in [1.29, 1.82) is 0 Å². The molecule has 0 aliphatic heterocycles. The van der Waals surface area contributed by atoms with Crippen molar-refractivity contribution in [2.45, 2.75) is 47.5 Å². The Morgan fingerprint density at radius 1 is 1.16 bits per heavy atom. The fraction of sp³-hybridized carbons (Fsp3) is 0.867. The van der Waals surface area contributed by atoms with Crippen molar-refractivity contribution >= 4 is 11.9 Å². The summed E-state index contributed by atoms with van der Waals surface area (Å²) >= 11 is 0. The van der Waals surface area contributed by atoms with E-state index in [4.69, 9.17) is 5.11 Å². The smallest absolute Gasteiger partial charge is 0.307 e. The predicted molar refractivity (Wildman–Crippen MR) is 74.7 cm³/mol. The first-order chi connectivity index (χ1) is 8.81. The first kappa shape index (κ1) is 16.0. The molecule has 0 aromatic carbocycles. The summed E-state index contributed by atoms with van der Waals surface area (Å²) in [7, 11) is 0. The Bertz CT molecular complexity index is 347. The number of carbonyl (C=O) groups is 2. The van der Waals surface area contributed by atoms with Crippen LogP contribution in [0.15, 0.2) is 0 Å². The fourth-order valence-electron chi connectivity index (χ4n) is 2.99. The minimum absolute atomic E-state index is 0.0202. The number of rotatable bonds is 7. The van der Waals surface area contributed by atoms with E-state index in [0.29, 0.717) is 12.5 Å². The van der Waals surface area contributed by atoms with Gasteiger partial charge in [-0.05, 0) is 18.3 Å². The molecule has 0 bridgehead atoms. The lowest BCUT2D eigenvalue weighted by Gasteiger charge is -2.26. The summed E-state index contributed by atoms with van der Waals surface area (Å²) in [5, 5.41) is 9.17. The van der Waals surface area contributed by atoms with E-state index in [2.05, 4.69) is 13.8 Å². The van der Waals surface area contributed by atoms with E-state index in [9.17, 15) is 9.59 Å². The second-order valence-corrected chi connectivity index (χ2v) is 6.17. The van der Waals surface area contributed by atoms with Gasteiger partial charge in [0, 0.05) is 13.1 Å². The van der Waals surface area contributed by atoms with E-state index in [-0.39, 0.29) is 11.8 Å². The minimum atomic E-state index is -0.845. The number of carboxylic acids is 1. The zero-order valence-electron chi connectivity index (χ0n) is 12.8. The van der Waals surface area contributed by atoms with Gasteiger partial charge in [-0.3, -0.25) is 9.59 Å². The van der Waals surface area contributed by atoms with Crippen LogP contribution in [0.25, 0.3) is 0 Å². The van der Waals surface area contributed by atoms with Crippen LogP contribution in [-0.4, -0.2) is 35.0 Å². The Kier molecular flexibility index (Phi) is 4.99. The molecule has 110 valence electrons. The topological polar surface area (TPSA) is 57.6 Å². The molecule has 0 aromatic heterocycles. The number of hydrogen-bond acceptors (Lipinski definition) is 2. The van der Waals surface area contributed by atoms with Gasteiger partial charge >= 0.3 is 5.97 Å². The molecule has 0 radical (unpaired) electrons. The molecule has 1 aliphatic carbocycles. The van der Waals surface area contributed by atoms with Gasteiger partial charge in [-0.1, -0.05) is 40.5 Å². The normalized spacial score (nSPS) is 24.3. The Balaban J connectivity index is 2.73. The van der Waals surface area contributed by atoms with Crippen LogP contribution in [0.4, 0.5) is 0 Å². The van der Waals surface area contributed by atoms with Gasteiger partial charge in [0.05, 0.1) is 11.8 Å². The molecule has 1 saturated carbocycles. The maximum Gasteiger partial charge on any atom is 0.307 e. The van der Waals surface area contributed by atoms with Crippen molar-refractivity contribution in [3.05, 3.63) is 0 Å². The Hall–Kier alpha value is -1.06. The third-order valence-electron chi connectivity index (χ3n) is 4.69. The lowest BCUT2D eigenvalue weighted by atomic mass is 10.0. The van der Waals surface area contributed by atoms with Crippen molar-refractivity contribution in [2.75, 3.05) is 13.1 Å². The lowest BCUT2D eigenvalue weighted by Crippen LogP contribution is -2.37. The Morgan fingerprint density at radius 2 is 1.68 bits per heavy atom. The second-order valence-electron chi connectivity index (χ2n) is 6.17. The van der Waals surface area contributed by atoms with Gasteiger partial charge in [-0.25, -0.2) is 0 Å². The Labute approximate surface area is 116 Å². The molecule has 1 rings (SSSR count). The molecule has 0 unspecified atom stereocenters. The van der Waals surface area contributed by atoms with Crippen LogP contribution in [0.2, 0.25) is 0 Å². The van der Waals surface area contributed by atoms with Crippen LogP contribution in [-0.2, 0) is 9.59 Å². The highest BCUT2D eigenvalue weighted by Gasteiger charge is 2.66. The number of aliphatic carboxylic acids is 1. The molecule has 1 fully saturated rings. The largest absolute Gasteiger partial charge is 0.481 e. The van der Waals surface area contributed by atoms with E-state index in [0.717, 1.165) is 19.4 Å². The number of hydrogen-bond donors (Lipinski definition) is 1. The maximum absolute atomic E-state index is 12.5. The fourth-order valence-corrected chi connectivity index (χ4v) is 2.99. The SMILES string of the molecule is CCC(CC)CN(CC)C(=O)[C@H]1[C@@H](C(=O)O)C1(C)C. The third-order valence-corrected chi connectivity index (χ3v) is 4.69. The summed E-state index contributed by atoms with van der Waals surface area (Å²) in [5.41, 5.74) is -0.399. The monoisotopic (exact) mass is 269 g/mol. The molecule has 0 spiro atoms. The summed E-state index contributed by atoms with van der Waals surface area (Å²) in [6.07, 6.45) is 2.10. The number of carbonyl (C=O) groups excluding carboxylic acids is 1. The highest BCUT2D eigenvalue weighted by Crippen LogP contribution is 2.59. The van der Waals surface area contributed by atoms with Gasteiger partial charge in [0.15, 0.2) is 0 Å². The summed E-state index contributed by atoms with van der Waals surface area (Å²) in [4.78, 5) is 25.5. The number of amides is 1. The van der Waals surface area contributed by atoms with E-state index < -0.39 is 17.3 Å². The zero-order chi connectivity index (χ0) is 14.8. The minimum Gasteiger partial charge on any atom is -0.481 e. The standard InChI is InChI=1S/C15H27NO3/c1-6-10(7-2)9-16(8-3)13(17)11-12(14(18)19)15(11,4)5/h10-12H,6-9H2,1-5H3,(H,18,19)/t11-,12+/m1/s1. The van der Waals surface area contributed by atoms with Gasteiger partial charge in [-0.2, -0.15) is 0 Å². The molecule has 1 N–H and O–H groups in total. The van der Waals surface area contributed by atoms with Crippen molar-refractivity contribution < 1.29 is 14.7 Å². The van der Waals surface area contributed by atoms with Crippen molar-refractivity contribution in [2.24, 2.45) is 23.2 Å². The highest BCUT2D eigenvalue weighted by atomic mass is 16.4. The number of nitrogens with zero attached hydrogens (tertiary/aromatic N) is 1. The summed E-state index contributed by atoms with van der Waals surface area (Å²) in [5.74, 6) is -1.18. The van der Waals surface area contributed by atoms with Gasteiger partial charge in [0.1, 0.15) is 0 Å². The number of carboxylic acid groups (broad SMARTS) is 1. The molecule has 19 heavy (non-hydrogen) atoms. The molecule has 4 heteroatoms. The van der Waals surface area contributed by atoms with Crippen molar-refractivity contribution in [1.82, 2.24) is 4.90 Å². The van der Waals surface area contributed by atoms with Crippen LogP contribution in [0.3, 0.4) is 0 Å². The van der Waals surface area contributed by atoms with Crippen LogP contribution in [0.1, 0.15) is 47.5 Å². The highest BCUT2D eigenvalue weighted by molar-refractivity contribution is 5.91. The molecular weight excluding hydrogens is 242 g/mol. The molecule has 4 nitrogen and oxygen atoms in total. The molecule has 1 aliphatic rings. The lowest BCUT2D eigenvalue weighted by molar-refractivity contribution is -0.142. The average molecular weight is 269 g/mol. The van der Waals surface area contributed by atoms with Crippen molar-refractivity contribution in [3.63, 3.8) is 0 Å². The maximum atomic E-state index is 12.5. The third kappa shape index (κ3) is 3.10. The Morgan fingerprint density at radius 3 is 2.00 bits per heavy atom. The van der Waals surface area contributed by atoms with E-state index in [1.165, 1.54) is 0 Å². The summed E-state index contributed by atoms with van der Waals surface area (Å²) in [6.45, 7) is 11.4. The molecule has 0 heterocycles. The first-order valence-electron chi connectivity index (χ1n) is 7.32. The quantitative estimate of drug-likeness (QED) is 0.773. The van der Waals surface area contributed by atoms with Gasteiger partial charge in [0.2, 0.25) is 5.91 Å². The average Bonchev–Trinajstić information content (AvgIpc) is 2.93. The van der Waals surface area contributed by atoms with E-state index >= 15 is 0 Å². The van der Waals surface area contributed by atoms with Gasteiger partial charge in [-0.15, -0.1) is 0 Å². The van der Waals surface area contributed by atoms with Crippen LogP contribution < -0.4 is 0 Å². The second kappa shape index (κ2) is 5.93. The summed E-state index contributed by atoms with van der Waals surface area (Å²) < 4.78 is 0. The zero-order valence-corrected chi connectivity index (χ0v) is 12.8. The molecule has 1 amide bonds. The van der Waals surface area contributed by atoms with Gasteiger partial charge in [0.25, 0.3) is 0 Å². The van der Waals surface area contributed by atoms with Crippen molar-refractivity contribution in [3.8, 4) is 0 Å². The van der Waals surface area contributed by atoms with E-state index in [1.54, 1.807) is 0 Å². The van der Waals surface area contributed by atoms with Crippen LogP contribution >= 0.6 is 0 Å². The predicted octanol–water partition coefficient (Wildman–Crippen LogP) is 2.63. The van der Waals surface area contributed by atoms with Crippen LogP contribution in [0.5, 0.6) is 0 Å². The van der Waals surface area contributed by atoms with E-state index in [1.807, 2.05) is 25.7 Å². The first-order valence-corrected chi connectivity index (χ1v) is 7.32. The molecular formula is C15H27NO3. The summed E-state index contributed by atoms with van der Waals surface area (Å²) in [6, 6.07) is 0.